The molecule has 0 spiro atoms. The number of alkyl halides is 3. The summed E-state index contributed by atoms with van der Waals surface area (Å²) >= 11 is 0. The molecule has 0 unspecified atom stereocenters. The first-order valence-electron chi connectivity index (χ1n) is 10.8. The van der Waals surface area contributed by atoms with Gasteiger partial charge < -0.3 is 9.72 Å². The lowest BCUT2D eigenvalue weighted by molar-refractivity contribution is -0.158. The molecular formula is C25H20F3N5O2. The fraction of sp³-hybridized carbons (Fsp3) is 0.160. The third kappa shape index (κ3) is 4.07. The summed E-state index contributed by atoms with van der Waals surface area (Å²) in [7, 11) is 0. The van der Waals surface area contributed by atoms with Gasteiger partial charge >= 0.3 is 11.9 Å². The van der Waals surface area contributed by atoms with Crippen LogP contribution in [-0.2, 0) is 11.3 Å². The summed E-state index contributed by atoms with van der Waals surface area (Å²) in [5.41, 5.74) is 3.87. The molecule has 3 aromatic heterocycles. The van der Waals surface area contributed by atoms with Crippen LogP contribution >= 0.6 is 0 Å². The standard InChI is InChI=1S/C25H20F3N5O2/c1-16(25(26,27)28)30-23(34)14-32-20-6-2-3-7-21(20)33(24(32)35)18-10-8-17(9-11-18)19-5-4-12-31-15-29-13-22(19)31/h2-13,15-16H,14H2,1H3,(H,30,34)/t16-/m0/s1. The van der Waals surface area contributed by atoms with E-state index in [0.29, 0.717) is 16.7 Å². The second kappa shape index (κ2) is 8.46. The van der Waals surface area contributed by atoms with E-state index >= 15 is 0 Å². The van der Waals surface area contributed by atoms with Crippen LogP contribution in [0, 0.1) is 0 Å². The molecule has 7 nitrogen and oxygen atoms in total. The molecule has 0 aliphatic rings. The van der Waals surface area contributed by atoms with E-state index in [-0.39, 0.29) is 0 Å². The average molecular weight is 479 g/mol. The van der Waals surface area contributed by atoms with Crippen LogP contribution in [0.25, 0.3) is 33.4 Å². The number of nitrogens with one attached hydrogen (secondary N) is 1. The lowest BCUT2D eigenvalue weighted by Crippen LogP contribution is -2.45. The van der Waals surface area contributed by atoms with Gasteiger partial charge in [-0.1, -0.05) is 30.3 Å². The predicted molar refractivity (Wildman–Crippen MR) is 125 cm³/mol. The molecule has 0 aliphatic heterocycles. The third-order valence-electron chi connectivity index (χ3n) is 5.89. The molecule has 1 atom stereocenters. The zero-order chi connectivity index (χ0) is 24.7. The second-order valence-electron chi connectivity index (χ2n) is 8.18. The maximum Gasteiger partial charge on any atom is 0.408 e. The van der Waals surface area contributed by atoms with Crippen molar-refractivity contribution in [3.05, 3.63) is 89.9 Å². The van der Waals surface area contributed by atoms with E-state index in [4.69, 9.17) is 0 Å². The summed E-state index contributed by atoms with van der Waals surface area (Å²) in [5.74, 6) is -0.899. The minimum atomic E-state index is -4.57. The number of hydrogen-bond acceptors (Lipinski definition) is 3. The highest BCUT2D eigenvalue weighted by Gasteiger charge is 2.37. The Kier molecular flexibility index (Phi) is 5.43. The average Bonchev–Trinajstić information content (AvgIpc) is 3.41. The number of imidazole rings is 2. The zero-order valence-corrected chi connectivity index (χ0v) is 18.5. The SMILES string of the molecule is C[C@H](NC(=O)Cn1c(=O)n(-c2ccc(-c3cccn4cncc34)cc2)c2ccccc21)C(F)(F)F. The summed E-state index contributed by atoms with van der Waals surface area (Å²) < 4.78 is 43.0. The summed E-state index contributed by atoms with van der Waals surface area (Å²) in [6.07, 6.45) is 0.817. The van der Waals surface area contributed by atoms with Crippen molar-refractivity contribution in [2.45, 2.75) is 25.7 Å². The molecule has 35 heavy (non-hydrogen) atoms. The topological polar surface area (TPSA) is 73.3 Å². The number of nitrogens with zero attached hydrogens (tertiary/aromatic N) is 4. The van der Waals surface area contributed by atoms with Crippen molar-refractivity contribution in [1.29, 1.82) is 0 Å². The summed E-state index contributed by atoms with van der Waals surface area (Å²) in [6.45, 7) is 0.323. The minimum absolute atomic E-state index is 0.445. The van der Waals surface area contributed by atoms with Gasteiger partial charge in [0.15, 0.2) is 0 Å². The van der Waals surface area contributed by atoms with E-state index in [9.17, 15) is 22.8 Å². The predicted octanol–water partition coefficient (Wildman–Crippen LogP) is 4.17. The van der Waals surface area contributed by atoms with Crippen molar-refractivity contribution in [2.24, 2.45) is 0 Å². The molecule has 0 bridgehead atoms. The van der Waals surface area contributed by atoms with Gasteiger partial charge in [0, 0.05) is 11.8 Å². The summed E-state index contributed by atoms with van der Waals surface area (Å²) in [6, 6.07) is 16.1. The highest BCUT2D eigenvalue weighted by Crippen LogP contribution is 2.26. The Morgan fingerprint density at radius 2 is 1.71 bits per heavy atom. The fourth-order valence-corrected chi connectivity index (χ4v) is 4.11. The number of amides is 1. The van der Waals surface area contributed by atoms with Crippen molar-refractivity contribution >= 4 is 22.5 Å². The van der Waals surface area contributed by atoms with Crippen LogP contribution in [0.15, 0.2) is 84.2 Å². The van der Waals surface area contributed by atoms with E-state index in [1.165, 1.54) is 9.13 Å². The third-order valence-corrected chi connectivity index (χ3v) is 5.89. The number of pyridine rings is 1. The molecule has 0 saturated carbocycles. The minimum Gasteiger partial charge on any atom is -0.343 e. The number of halogens is 3. The van der Waals surface area contributed by atoms with Crippen LogP contribution in [0.2, 0.25) is 0 Å². The lowest BCUT2D eigenvalue weighted by Gasteiger charge is -2.17. The Hall–Kier alpha value is -4.34. The highest BCUT2D eigenvalue weighted by atomic mass is 19.4. The van der Waals surface area contributed by atoms with Crippen molar-refractivity contribution in [1.82, 2.24) is 23.8 Å². The van der Waals surface area contributed by atoms with Crippen LogP contribution in [0.3, 0.4) is 0 Å². The second-order valence-corrected chi connectivity index (χ2v) is 8.18. The molecule has 178 valence electrons. The Morgan fingerprint density at radius 1 is 1.00 bits per heavy atom. The van der Waals surface area contributed by atoms with Crippen molar-refractivity contribution in [2.75, 3.05) is 0 Å². The molecule has 0 saturated heterocycles. The molecule has 10 heteroatoms. The molecule has 0 radical (unpaired) electrons. The Bertz CT molecular complexity index is 1600. The van der Waals surface area contributed by atoms with Gasteiger partial charge in [-0.15, -0.1) is 0 Å². The number of aromatic nitrogens is 4. The molecule has 5 aromatic rings. The van der Waals surface area contributed by atoms with Gasteiger partial charge in [-0.25, -0.2) is 9.78 Å². The number of carbonyl (C=O) groups excluding carboxylic acids is 1. The Labute approximate surface area is 197 Å². The highest BCUT2D eigenvalue weighted by molar-refractivity contribution is 5.83. The van der Waals surface area contributed by atoms with Gasteiger partial charge in [0.1, 0.15) is 12.6 Å². The van der Waals surface area contributed by atoms with E-state index in [0.717, 1.165) is 23.6 Å². The molecule has 3 heterocycles. The number of benzene rings is 2. The molecule has 0 aliphatic carbocycles. The normalized spacial score (nSPS) is 12.8. The number of rotatable bonds is 5. The quantitative estimate of drug-likeness (QED) is 0.411. The Balaban J connectivity index is 1.52. The van der Waals surface area contributed by atoms with Crippen molar-refractivity contribution in [3.63, 3.8) is 0 Å². The van der Waals surface area contributed by atoms with Gasteiger partial charge in [0.2, 0.25) is 5.91 Å². The monoisotopic (exact) mass is 479 g/mol. The lowest BCUT2D eigenvalue weighted by atomic mass is 10.1. The smallest absolute Gasteiger partial charge is 0.343 e. The first-order chi connectivity index (χ1) is 16.7. The van der Waals surface area contributed by atoms with E-state index in [1.807, 2.05) is 40.2 Å². The first kappa shape index (κ1) is 22.5. The van der Waals surface area contributed by atoms with E-state index in [1.54, 1.807) is 48.9 Å². The summed E-state index contributed by atoms with van der Waals surface area (Å²) in [5, 5.41) is 1.91. The van der Waals surface area contributed by atoms with Gasteiger partial charge in [0.25, 0.3) is 0 Å². The van der Waals surface area contributed by atoms with E-state index < -0.39 is 30.4 Å². The van der Waals surface area contributed by atoms with Crippen LogP contribution in [0.4, 0.5) is 13.2 Å². The molecule has 1 amide bonds. The first-order valence-corrected chi connectivity index (χ1v) is 10.8. The van der Waals surface area contributed by atoms with Crippen molar-refractivity contribution in [3.8, 4) is 16.8 Å². The number of fused-ring (bicyclic) bond motifs is 2. The maximum absolute atomic E-state index is 13.3. The van der Waals surface area contributed by atoms with Crippen LogP contribution in [0.5, 0.6) is 0 Å². The van der Waals surface area contributed by atoms with E-state index in [2.05, 4.69) is 4.98 Å². The number of para-hydroxylation sites is 2. The van der Waals surface area contributed by atoms with Gasteiger partial charge in [-0.05, 0) is 42.8 Å². The van der Waals surface area contributed by atoms with Crippen LogP contribution < -0.4 is 11.0 Å². The molecule has 5 rings (SSSR count). The molecule has 2 aromatic carbocycles. The van der Waals surface area contributed by atoms with Crippen LogP contribution in [0.1, 0.15) is 6.92 Å². The van der Waals surface area contributed by atoms with Gasteiger partial charge in [0.05, 0.1) is 34.8 Å². The number of hydrogen-bond donors (Lipinski definition) is 1. The van der Waals surface area contributed by atoms with Crippen LogP contribution in [-0.4, -0.2) is 36.6 Å². The Morgan fingerprint density at radius 3 is 2.43 bits per heavy atom. The largest absolute Gasteiger partial charge is 0.408 e. The fourth-order valence-electron chi connectivity index (χ4n) is 4.11. The molecule has 0 fully saturated rings. The molecular weight excluding hydrogens is 459 g/mol. The molecule has 1 N–H and O–H groups in total. The van der Waals surface area contributed by atoms with Crippen molar-refractivity contribution < 1.29 is 18.0 Å². The zero-order valence-electron chi connectivity index (χ0n) is 18.5. The maximum atomic E-state index is 13.3. The van der Waals surface area contributed by atoms with Gasteiger partial charge in [-0.2, -0.15) is 13.2 Å². The van der Waals surface area contributed by atoms with Gasteiger partial charge in [-0.3, -0.25) is 13.9 Å². The summed E-state index contributed by atoms with van der Waals surface area (Å²) in [4.78, 5) is 29.8. The number of carbonyl (C=O) groups is 1.